The van der Waals surface area contributed by atoms with Crippen LogP contribution in [0.3, 0.4) is 0 Å². The molecular formula is C48H90N2O7. The second-order valence-electron chi connectivity index (χ2n) is 16.6. The van der Waals surface area contributed by atoms with Gasteiger partial charge < -0.3 is 25.6 Å². The monoisotopic (exact) mass is 807 g/mol. The minimum absolute atomic E-state index is 0.0388. The van der Waals surface area contributed by atoms with Gasteiger partial charge in [-0.1, -0.05) is 187 Å². The van der Waals surface area contributed by atoms with Gasteiger partial charge in [-0.2, -0.15) is 0 Å². The van der Waals surface area contributed by atoms with Gasteiger partial charge in [0.05, 0.1) is 13.2 Å². The second-order valence-corrected chi connectivity index (χ2v) is 16.6. The molecule has 9 nitrogen and oxygen atoms in total. The van der Waals surface area contributed by atoms with Crippen molar-refractivity contribution in [1.82, 2.24) is 10.6 Å². The van der Waals surface area contributed by atoms with Gasteiger partial charge in [-0.25, -0.2) is 4.79 Å². The number of carbonyl (C=O) groups excluding carboxylic acids is 3. The first-order valence-corrected chi connectivity index (χ1v) is 24.1. The lowest BCUT2D eigenvalue weighted by Gasteiger charge is -2.18. The molecule has 0 radical (unpaired) electrons. The molecule has 334 valence electrons. The summed E-state index contributed by atoms with van der Waals surface area (Å²) in [5.74, 6) is -2.29. The van der Waals surface area contributed by atoms with Crippen molar-refractivity contribution in [3.05, 3.63) is 12.2 Å². The number of hydrogen-bond acceptors (Lipinski definition) is 6. The van der Waals surface area contributed by atoms with Crippen molar-refractivity contribution in [2.45, 2.75) is 257 Å². The largest absolute Gasteiger partial charge is 0.480 e. The van der Waals surface area contributed by atoms with E-state index in [1.807, 2.05) is 0 Å². The van der Waals surface area contributed by atoms with Crippen LogP contribution in [0, 0.1) is 0 Å². The number of carboxylic acid groups (broad SMARTS) is 1. The molecule has 0 rings (SSSR count). The highest BCUT2D eigenvalue weighted by atomic mass is 16.5. The fraction of sp³-hybridized carbons (Fsp3) is 0.875. The maximum atomic E-state index is 12.8. The molecule has 0 aromatic heterocycles. The van der Waals surface area contributed by atoms with Gasteiger partial charge in [0, 0.05) is 12.8 Å². The Labute approximate surface area is 350 Å². The Morgan fingerprint density at radius 2 is 0.912 bits per heavy atom. The number of esters is 1. The van der Waals surface area contributed by atoms with Crippen LogP contribution in [0.4, 0.5) is 0 Å². The van der Waals surface area contributed by atoms with E-state index in [0.717, 1.165) is 70.6 Å². The first kappa shape index (κ1) is 54.6. The molecule has 0 aromatic carbocycles. The van der Waals surface area contributed by atoms with E-state index in [1.165, 1.54) is 141 Å². The third kappa shape index (κ3) is 40.2. The Morgan fingerprint density at radius 1 is 0.509 bits per heavy atom. The summed E-state index contributed by atoms with van der Waals surface area (Å²) in [6.07, 6.45) is 46.7. The Bertz CT molecular complexity index is 972. The van der Waals surface area contributed by atoms with Crippen molar-refractivity contribution in [3.8, 4) is 0 Å². The summed E-state index contributed by atoms with van der Waals surface area (Å²) in [6.45, 7) is 3.50. The number of ether oxygens (including phenoxy) is 1. The quantitative estimate of drug-likeness (QED) is 0.0273. The SMILES string of the molecule is CCCCCCCCCC/C=C\CCCC(CCCCCCCC(=O)NCC(=O)NC(CO)C(=O)O)OC(=O)CCCCCCCCCCCCCCCCCC. The van der Waals surface area contributed by atoms with Gasteiger partial charge >= 0.3 is 11.9 Å². The fourth-order valence-corrected chi connectivity index (χ4v) is 7.31. The molecule has 0 aliphatic heterocycles. The minimum atomic E-state index is -1.38. The van der Waals surface area contributed by atoms with Crippen molar-refractivity contribution in [1.29, 1.82) is 0 Å². The molecule has 0 aromatic rings. The molecule has 0 fully saturated rings. The van der Waals surface area contributed by atoms with Gasteiger partial charge in [0.15, 0.2) is 0 Å². The van der Waals surface area contributed by atoms with Crippen LogP contribution in [-0.2, 0) is 23.9 Å². The van der Waals surface area contributed by atoms with E-state index in [1.54, 1.807) is 0 Å². The van der Waals surface area contributed by atoms with Crippen LogP contribution < -0.4 is 10.6 Å². The predicted molar refractivity (Wildman–Crippen MR) is 236 cm³/mol. The van der Waals surface area contributed by atoms with Crippen LogP contribution in [0.2, 0.25) is 0 Å². The number of carboxylic acids is 1. The summed E-state index contributed by atoms with van der Waals surface area (Å²) in [4.78, 5) is 47.7. The van der Waals surface area contributed by atoms with Gasteiger partial charge in [-0.15, -0.1) is 0 Å². The predicted octanol–water partition coefficient (Wildman–Crippen LogP) is 12.2. The number of aliphatic carboxylic acids is 1. The molecule has 0 aliphatic carbocycles. The molecule has 2 atom stereocenters. The van der Waals surface area contributed by atoms with Gasteiger partial charge in [-0.3, -0.25) is 14.4 Å². The number of hydrogen-bond donors (Lipinski definition) is 4. The number of unbranched alkanes of at least 4 members (excludes halogenated alkanes) is 28. The summed E-state index contributed by atoms with van der Waals surface area (Å²) >= 11 is 0. The Morgan fingerprint density at radius 3 is 1.39 bits per heavy atom. The summed E-state index contributed by atoms with van der Waals surface area (Å²) in [5.41, 5.74) is 0. The highest BCUT2D eigenvalue weighted by Gasteiger charge is 2.19. The van der Waals surface area contributed by atoms with Crippen LogP contribution in [0.25, 0.3) is 0 Å². The third-order valence-corrected chi connectivity index (χ3v) is 11.0. The van der Waals surface area contributed by atoms with Gasteiger partial charge in [-0.05, 0) is 57.8 Å². The second kappa shape index (κ2) is 43.2. The Kier molecular flexibility index (Phi) is 41.3. The number of aliphatic hydroxyl groups excluding tert-OH is 1. The summed E-state index contributed by atoms with van der Waals surface area (Å²) in [7, 11) is 0. The topological polar surface area (TPSA) is 142 Å². The van der Waals surface area contributed by atoms with Crippen molar-refractivity contribution in [2.75, 3.05) is 13.2 Å². The van der Waals surface area contributed by atoms with Crippen molar-refractivity contribution >= 4 is 23.8 Å². The molecule has 0 spiro atoms. The summed E-state index contributed by atoms with van der Waals surface area (Å²) in [5, 5.41) is 22.6. The molecule has 0 aliphatic rings. The summed E-state index contributed by atoms with van der Waals surface area (Å²) in [6, 6.07) is -1.38. The van der Waals surface area contributed by atoms with E-state index in [4.69, 9.17) is 14.9 Å². The van der Waals surface area contributed by atoms with Crippen molar-refractivity contribution < 1.29 is 34.1 Å². The molecule has 0 heterocycles. The summed E-state index contributed by atoms with van der Waals surface area (Å²) < 4.78 is 6.04. The number of rotatable bonds is 44. The lowest BCUT2D eigenvalue weighted by Crippen LogP contribution is -2.47. The van der Waals surface area contributed by atoms with Gasteiger partial charge in [0.25, 0.3) is 0 Å². The zero-order valence-electron chi connectivity index (χ0n) is 37.1. The number of allylic oxidation sites excluding steroid dienone is 2. The van der Waals surface area contributed by atoms with E-state index in [2.05, 4.69) is 36.6 Å². The van der Waals surface area contributed by atoms with E-state index < -0.39 is 24.5 Å². The Balaban J connectivity index is 4.30. The highest BCUT2D eigenvalue weighted by molar-refractivity contribution is 5.87. The number of nitrogens with one attached hydrogen (secondary N) is 2. The fourth-order valence-electron chi connectivity index (χ4n) is 7.31. The smallest absolute Gasteiger partial charge is 0.328 e. The molecule has 9 heteroatoms. The maximum Gasteiger partial charge on any atom is 0.328 e. The standard InChI is InChI=1S/C48H90N2O7/c1-3-5-7-9-11-13-15-17-18-19-21-23-25-27-32-36-40-47(54)57-43(37-33-29-26-24-22-20-16-14-12-10-8-6-4-2)38-34-30-28-31-35-39-45(52)49-41-46(53)50-44(42-51)48(55)56/h24,26,43-44,51H,3-23,25,27-42H2,1-2H3,(H,49,52)(H,50,53)(H,55,56)/b26-24-. The zero-order chi connectivity index (χ0) is 41.9. The van der Waals surface area contributed by atoms with E-state index in [0.29, 0.717) is 19.3 Å². The van der Waals surface area contributed by atoms with Crippen LogP contribution in [0.5, 0.6) is 0 Å². The van der Waals surface area contributed by atoms with E-state index >= 15 is 0 Å². The number of carbonyl (C=O) groups is 4. The zero-order valence-corrected chi connectivity index (χ0v) is 37.1. The first-order valence-electron chi connectivity index (χ1n) is 24.1. The van der Waals surface area contributed by atoms with E-state index in [9.17, 15) is 19.2 Å². The lowest BCUT2D eigenvalue weighted by molar-refractivity contribution is -0.150. The van der Waals surface area contributed by atoms with Gasteiger partial charge in [0.2, 0.25) is 11.8 Å². The molecule has 57 heavy (non-hydrogen) atoms. The van der Waals surface area contributed by atoms with Gasteiger partial charge in [0.1, 0.15) is 12.1 Å². The molecule has 0 saturated carbocycles. The number of amides is 2. The van der Waals surface area contributed by atoms with Crippen molar-refractivity contribution in [3.63, 3.8) is 0 Å². The normalized spacial score (nSPS) is 12.5. The minimum Gasteiger partial charge on any atom is -0.480 e. The molecular weight excluding hydrogens is 717 g/mol. The van der Waals surface area contributed by atoms with Crippen LogP contribution >= 0.6 is 0 Å². The molecule has 4 N–H and O–H groups in total. The van der Waals surface area contributed by atoms with Crippen molar-refractivity contribution in [2.24, 2.45) is 0 Å². The molecule has 2 amide bonds. The van der Waals surface area contributed by atoms with Crippen LogP contribution in [0.15, 0.2) is 12.2 Å². The third-order valence-electron chi connectivity index (χ3n) is 11.0. The molecule has 2 unspecified atom stereocenters. The molecule has 0 bridgehead atoms. The average molecular weight is 807 g/mol. The maximum absolute atomic E-state index is 12.8. The lowest BCUT2D eigenvalue weighted by atomic mass is 10.0. The molecule has 0 saturated heterocycles. The first-order chi connectivity index (χ1) is 27.8. The number of aliphatic hydroxyl groups is 1. The van der Waals surface area contributed by atoms with Crippen LogP contribution in [-0.4, -0.2) is 59.3 Å². The Hall–Kier alpha value is -2.42. The average Bonchev–Trinajstić information content (AvgIpc) is 3.20. The highest BCUT2D eigenvalue weighted by Crippen LogP contribution is 2.18. The van der Waals surface area contributed by atoms with Crippen LogP contribution in [0.1, 0.15) is 245 Å². The van der Waals surface area contributed by atoms with E-state index in [-0.39, 0.29) is 24.5 Å².